The van der Waals surface area contributed by atoms with Gasteiger partial charge in [-0.15, -0.1) is 0 Å². The summed E-state index contributed by atoms with van der Waals surface area (Å²) in [5.41, 5.74) is 0. The van der Waals surface area contributed by atoms with Gasteiger partial charge in [0.1, 0.15) is 5.75 Å². The normalized spacial score (nSPS) is 20.9. The van der Waals surface area contributed by atoms with Crippen molar-refractivity contribution in [2.75, 3.05) is 32.8 Å². The second-order valence-electron chi connectivity index (χ2n) is 4.72. The molecule has 1 saturated heterocycles. The number of ether oxygens (including phenoxy) is 1. The van der Waals surface area contributed by atoms with E-state index in [2.05, 4.69) is 33.1 Å². The van der Waals surface area contributed by atoms with Crippen molar-refractivity contribution in [1.82, 2.24) is 10.2 Å². The van der Waals surface area contributed by atoms with Crippen molar-refractivity contribution in [1.29, 1.82) is 0 Å². The molecule has 1 fully saturated rings. The van der Waals surface area contributed by atoms with Crippen LogP contribution in [-0.4, -0.2) is 43.7 Å². The van der Waals surface area contributed by atoms with Gasteiger partial charge in [0.2, 0.25) is 0 Å². The minimum atomic E-state index is 0.641. The molecule has 1 aliphatic rings. The van der Waals surface area contributed by atoms with Crippen molar-refractivity contribution in [3.8, 4) is 5.75 Å². The topological polar surface area (TPSA) is 24.5 Å². The average Bonchev–Trinajstić information content (AvgIpc) is 2.38. The molecule has 0 unspecified atom stereocenters. The highest BCUT2D eigenvalue weighted by Gasteiger charge is 2.16. The van der Waals surface area contributed by atoms with Gasteiger partial charge in [-0.2, -0.15) is 0 Å². The van der Waals surface area contributed by atoms with E-state index in [1.807, 2.05) is 24.3 Å². The SMILES string of the molecule is C[C@@H]1CNCCN1CCCOc1ccccc1Br. The Morgan fingerprint density at radius 3 is 3.06 bits per heavy atom. The van der Waals surface area contributed by atoms with Gasteiger partial charge in [0.15, 0.2) is 0 Å². The lowest BCUT2D eigenvalue weighted by atomic mass is 10.2. The summed E-state index contributed by atoms with van der Waals surface area (Å²) in [6.45, 7) is 7.53. The first kappa shape index (κ1) is 13.8. The number of piperazine rings is 1. The molecule has 100 valence electrons. The molecule has 3 nitrogen and oxygen atoms in total. The van der Waals surface area contributed by atoms with Crippen molar-refractivity contribution < 1.29 is 4.74 Å². The van der Waals surface area contributed by atoms with Crippen LogP contribution in [0.5, 0.6) is 5.75 Å². The Morgan fingerprint density at radius 2 is 2.28 bits per heavy atom. The van der Waals surface area contributed by atoms with Crippen molar-refractivity contribution >= 4 is 15.9 Å². The van der Waals surface area contributed by atoms with E-state index in [1.165, 1.54) is 0 Å². The van der Waals surface area contributed by atoms with Crippen LogP contribution in [0.25, 0.3) is 0 Å². The highest BCUT2D eigenvalue weighted by atomic mass is 79.9. The third-order valence-electron chi connectivity index (χ3n) is 3.32. The van der Waals surface area contributed by atoms with E-state index in [-0.39, 0.29) is 0 Å². The molecular formula is C14H21BrN2O. The van der Waals surface area contributed by atoms with Crippen LogP contribution in [0.2, 0.25) is 0 Å². The standard InChI is InChI=1S/C14H21BrN2O/c1-12-11-16-7-9-17(12)8-4-10-18-14-6-3-2-5-13(14)15/h2-3,5-6,12,16H,4,7-11H2,1H3/t12-/m1/s1. The average molecular weight is 313 g/mol. The predicted molar refractivity (Wildman–Crippen MR) is 78.2 cm³/mol. The summed E-state index contributed by atoms with van der Waals surface area (Å²) >= 11 is 3.49. The van der Waals surface area contributed by atoms with Crippen LogP contribution in [0.1, 0.15) is 13.3 Å². The van der Waals surface area contributed by atoms with Gasteiger partial charge in [-0.3, -0.25) is 4.90 Å². The first-order valence-corrected chi connectivity index (χ1v) is 7.39. The molecule has 1 aromatic carbocycles. The monoisotopic (exact) mass is 312 g/mol. The Labute approximate surface area is 118 Å². The molecule has 1 N–H and O–H groups in total. The summed E-state index contributed by atoms with van der Waals surface area (Å²) in [6, 6.07) is 8.64. The van der Waals surface area contributed by atoms with E-state index in [9.17, 15) is 0 Å². The number of para-hydroxylation sites is 1. The van der Waals surface area contributed by atoms with E-state index in [1.54, 1.807) is 0 Å². The molecule has 4 heteroatoms. The summed E-state index contributed by atoms with van der Waals surface area (Å²) in [7, 11) is 0. The van der Waals surface area contributed by atoms with Gasteiger partial charge in [0, 0.05) is 32.2 Å². The maximum absolute atomic E-state index is 5.77. The third-order valence-corrected chi connectivity index (χ3v) is 3.98. The fraction of sp³-hybridized carbons (Fsp3) is 0.571. The highest BCUT2D eigenvalue weighted by molar-refractivity contribution is 9.10. The van der Waals surface area contributed by atoms with Crippen LogP contribution in [0, 0.1) is 0 Å². The molecule has 0 radical (unpaired) electrons. The van der Waals surface area contributed by atoms with Gasteiger partial charge in [0.05, 0.1) is 11.1 Å². The van der Waals surface area contributed by atoms with Crippen LogP contribution in [0.3, 0.4) is 0 Å². The fourth-order valence-corrected chi connectivity index (χ4v) is 2.63. The first-order valence-electron chi connectivity index (χ1n) is 6.59. The summed E-state index contributed by atoms with van der Waals surface area (Å²) < 4.78 is 6.80. The Kier molecular flexibility index (Phi) is 5.47. The second kappa shape index (κ2) is 7.12. The first-order chi connectivity index (χ1) is 8.77. The van der Waals surface area contributed by atoms with Crippen molar-refractivity contribution in [2.24, 2.45) is 0 Å². The summed E-state index contributed by atoms with van der Waals surface area (Å²) in [5, 5.41) is 3.41. The van der Waals surface area contributed by atoms with Gasteiger partial charge >= 0.3 is 0 Å². The van der Waals surface area contributed by atoms with E-state index in [0.717, 1.165) is 49.4 Å². The number of benzene rings is 1. The third kappa shape index (κ3) is 3.97. The van der Waals surface area contributed by atoms with Gasteiger partial charge in [-0.25, -0.2) is 0 Å². The Balaban J connectivity index is 1.68. The number of rotatable bonds is 5. The van der Waals surface area contributed by atoms with Crippen LogP contribution >= 0.6 is 15.9 Å². The predicted octanol–water partition coefficient (Wildman–Crippen LogP) is 2.51. The van der Waals surface area contributed by atoms with Crippen LogP contribution in [-0.2, 0) is 0 Å². The van der Waals surface area contributed by atoms with Gasteiger partial charge in [-0.1, -0.05) is 12.1 Å². The quantitative estimate of drug-likeness (QED) is 0.846. The number of nitrogens with zero attached hydrogens (tertiary/aromatic N) is 1. The number of hydrogen-bond acceptors (Lipinski definition) is 3. The maximum atomic E-state index is 5.77. The summed E-state index contributed by atoms with van der Waals surface area (Å²) in [4.78, 5) is 2.53. The lowest BCUT2D eigenvalue weighted by Gasteiger charge is -2.33. The second-order valence-corrected chi connectivity index (χ2v) is 5.58. The molecule has 1 atom stereocenters. The largest absolute Gasteiger partial charge is 0.492 e. The zero-order valence-corrected chi connectivity index (χ0v) is 12.4. The molecule has 0 bridgehead atoms. The smallest absolute Gasteiger partial charge is 0.133 e. The molecule has 1 heterocycles. The lowest BCUT2D eigenvalue weighted by molar-refractivity contribution is 0.160. The molecule has 0 aliphatic carbocycles. The molecule has 1 aliphatic heterocycles. The van der Waals surface area contributed by atoms with Gasteiger partial charge in [0.25, 0.3) is 0 Å². The zero-order chi connectivity index (χ0) is 12.8. The van der Waals surface area contributed by atoms with Crippen molar-refractivity contribution in [2.45, 2.75) is 19.4 Å². The molecule has 1 aromatic rings. The number of hydrogen-bond donors (Lipinski definition) is 1. The number of nitrogens with one attached hydrogen (secondary N) is 1. The van der Waals surface area contributed by atoms with E-state index in [0.29, 0.717) is 6.04 Å². The van der Waals surface area contributed by atoms with Crippen LogP contribution in [0.4, 0.5) is 0 Å². The van der Waals surface area contributed by atoms with E-state index >= 15 is 0 Å². The van der Waals surface area contributed by atoms with Crippen LogP contribution < -0.4 is 10.1 Å². The Hall–Kier alpha value is -0.580. The number of halogens is 1. The maximum Gasteiger partial charge on any atom is 0.133 e. The zero-order valence-electron chi connectivity index (χ0n) is 10.9. The summed E-state index contributed by atoms with van der Waals surface area (Å²) in [5.74, 6) is 0.936. The highest BCUT2D eigenvalue weighted by Crippen LogP contribution is 2.23. The Bertz CT molecular complexity index is 373. The Morgan fingerprint density at radius 1 is 1.44 bits per heavy atom. The van der Waals surface area contributed by atoms with Gasteiger partial charge in [-0.05, 0) is 41.4 Å². The fourth-order valence-electron chi connectivity index (χ4n) is 2.23. The van der Waals surface area contributed by atoms with E-state index < -0.39 is 0 Å². The summed E-state index contributed by atoms with van der Waals surface area (Å²) in [6.07, 6.45) is 1.08. The molecule has 0 saturated carbocycles. The minimum absolute atomic E-state index is 0.641. The molecule has 0 spiro atoms. The minimum Gasteiger partial charge on any atom is -0.492 e. The van der Waals surface area contributed by atoms with Crippen LogP contribution in [0.15, 0.2) is 28.7 Å². The van der Waals surface area contributed by atoms with Crippen molar-refractivity contribution in [3.63, 3.8) is 0 Å². The molecule has 18 heavy (non-hydrogen) atoms. The molecule has 0 amide bonds. The molecule has 0 aromatic heterocycles. The van der Waals surface area contributed by atoms with Gasteiger partial charge < -0.3 is 10.1 Å². The molecule has 2 rings (SSSR count). The van der Waals surface area contributed by atoms with E-state index in [4.69, 9.17) is 4.74 Å². The lowest BCUT2D eigenvalue weighted by Crippen LogP contribution is -2.50. The molecular weight excluding hydrogens is 292 g/mol. The van der Waals surface area contributed by atoms with Crippen molar-refractivity contribution in [3.05, 3.63) is 28.7 Å².